The second-order valence-corrected chi connectivity index (χ2v) is 5.92. The van der Waals surface area contributed by atoms with E-state index >= 15 is 0 Å². The number of rotatable bonds is 4. The third-order valence-corrected chi connectivity index (χ3v) is 4.17. The van der Waals surface area contributed by atoms with Gasteiger partial charge in [0.15, 0.2) is 0 Å². The summed E-state index contributed by atoms with van der Waals surface area (Å²) in [6, 6.07) is 5.50. The highest BCUT2D eigenvalue weighted by Gasteiger charge is 2.18. The highest BCUT2D eigenvalue weighted by molar-refractivity contribution is 6.32. The molecule has 3 heteroatoms. The summed E-state index contributed by atoms with van der Waals surface area (Å²) in [6.45, 7) is 4.07. The summed E-state index contributed by atoms with van der Waals surface area (Å²) in [5.74, 6) is 1.86. The van der Waals surface area contributed by atoms with Crippen LogP contribution in [0.15, 0.2) is 18.2 Å². The minimum absolute atomic E-state index is 0.212. The Bertz CT molecular complexity index is 394. The number of phenols is 1. The summed E-state index contributed by atoms with van der Waals surface area (Å²) in [6.07, 6.45) is 5.40. The number of hydrogen-bond acceptors (Lipinski definition) is 2. The van der Waals surface area contributed by atoms with Gasteiger partial charge in [-0.1, -0.05) is 43.5 Å². The maximum absolute atomic E-state index is 9.80. The fourth-order valence-electron chi connectivity index (χ4n) is 2.86. The van der Waals surface area contributed by atoms with E-state index < -0.39 is 0 Å². The predicted molar refractivity (Wildman–Crippen MR) is 75.9 cm³/mol. The Hall–Kier alpha value is -0.730. The molecule has 0 aromatic heterocycles. The molecule has 18 heavy (non-hydrogen) atoms. The minimum atomic E-state index is 0.212. The molecule has 100 valence electrons. The fourth-order valence-corrected chi connectivity index (χ4v) is 3.05. The van der Waals surface area contributed by atoms with Gasteiger partial charge < -0.3 is 10.4 Å². The van der Waals surface area contributed by atoms with Crippen LogP contribution in [0, 0.1) is 11.8 Å². The normalized spacial score (nSPS) is 24.1. The molecule has 1 aliphatic carbocycles. The van der Waals surface area contributed by atoms with Crippen molar-refractivity contribution in [1.29, 1.82) is 0 Å². The highest BCUT2D eigenvalue weighted by Crippen LogP contribution is 2.29. The van der Waals surface area contributed by atoms with E-state index in [0.29, 0.717) is 11.6 Å². The van der Waals surface area contributed by atoms with E-state index in [4.69, 9.17) is 11.6 Å². The number of nitrogens with one attached hydrogen (secondary N) is 1. The van der Waals surface area contributed by atoms with Crippen molar-refractivity contribution in [3.8, 4) is 5.75 Å². The Labute approximate surface area is 114 Å². The van der Waals surface area contributed by atoms with Crippen molar-refractivity contribution in [3.63, 3.8) is 0 Å². The van der Waals surface area contributed by atoms with Crippen LogP contribution in [0.4, 0.5) is 0 Å². The Kier molecular flexibility index (Phi) is 4.90. The van der Waals surface area contributed by atoms with Crippen molar-refractivity contribution in [2.45, 2.75) is 39.2 Å². The Morgan fingerprint density at radius 1 is 1.39 bits per heavy atom. The van der Waals surface area contributed by atoms with Crippen molar-refractivity contribution in [2.75, 3.05) is 6.54 Å². The van der Waals surface area contributed by atoms with Gasteiger partial charge in [-0.05, 0) is 37.3 Å². The smallest absolute Gasteiger partial charge is 0.138 e. The summed E-state index contributed by atoms with van der Waals surface area (Å²) < 4.78 is 0. The first-order valence-corrected chi connectivity index (χ1v) is 7.21. The molecule has 0 heterocycles. The van der Waals surface area contributed by atoms with E-state index in [0.717, 1.165) is 23.9 Å². The van der Waals surface area contributed by atoms with Crippen LogP contribution in [0.5, 0.6) is 5.75 Å². The van der Waals surface area contributed by atoms with Gasteiger partial charge in [-0.25, -0.2) is 0 Å². The Balaban J connectivity index is 1.79. The van der Waals surface area contributed by atoms with Crippen LogP contribution < -0.4 is 5.32 Å². The van der Waals surface area contributed by atoms with Gasteiger partial charge >= 0.3 is 0 Å². The zero-order chi connectivity index (χ0) is 13.0. The maximum atomic E-state index is 9.80. The zero-order valence-corrected chi connectivity index (χ0v) is 11.7. The number of benzene rings is 1. The standard InChI is InChI=1S/C15H22ClNO/c1-11-4-2-5-12(8-11)9-17-10-13-6-3-7-14(16)15(13)18/h3,6-7,11-12,17-18H,2,4-5,8-10H2,1H3. The quantitative estimate of drug-likeness (QED) is 0.865. The van der Waals surface area contributed by atoms with Crippen molar-refractivity contribution in [3.05, 3.63) is 28.8 Å². The zero-order valence-electron chi connectivity index (χ0n) is 11.0. The van der Waals surface area contributed by atoms with Crippen LogP contribution >= 0.6 is 11.6 Å². The number of aromatic hydroxyl groups is 1. The van der Waals surface area contributed by atoms with Gasteiger partial charge in [0.2, 0.25) is 0 Å². The van der Waals surface area contributed by atoms with Crippen LogP contribution in [0.1, 0.15) is 38.2 Å². The Morgan fingerprint density at radius 3 is 3.00 bits per heavy atom. The molecule has 2 rings (SSSR count). The number of halogens is 1. The number of phenolic OH excluding ortho intramolecular Hbond substituents is 1. The summed E-state index contributed by atoms with van der Waals surface area (Å²) in [5, 5.41) is 13.7. The molecule has 0 bridgehead atoms. The van der Waals surface area contributed by atoms with Crippen LogP contribution in [-0.4, -0.2) is 11.7 Å². The molecule has 2 unspecified atom stereocenters. The maximum Gasteiger partial charge on any atom is 0.138 e. The third kappa shape index (κ3) is 3.63. The molecule has 1 saturated carbocycles. The van der Waals surface area contributed by atoms with E-state index in [9.17, 15) is 5.11 Å². The van der Waals surface area contributed by atoms with Gasteiger partial charge in [0.25, 0.3) is 0 Å². The molecule has 1 aromatic carbocycles. The predicted octanol–water partition coefficient (Wildman–Crippen LogP) is 3.96. The van der Waals surface area contributed by atoms with Crippen molar-refractivity contribution in [2.24, 2.45) is 11.8 Å². The molecule has 0 radical (unpaired) electrons. The molecule has 1 fully saturated rings. The van der Waals surface area contributed by atoms with Crippen LogP contribution in [-0.2, 0) is 6.54 Å². The molecular weight excluding hydrogens is 246 g/mol. The van der Waals surface area contributed by atoms with Gasteiger partial charge in [0.05, 0.1) is 5.02 Å². The van der Waals surface area contributed by atoms with Crippen LogP contribution in [0.3, 0.4) is 0 Å². The number of hydrogen-bond donors (Lipinski definition) is 2. The highest BCUT2D eigenvalue weighted by atomic mass is 35.5. The van der Waals surface area contributed by atoms with E-state index in [2.05, 4.69) is 12.2 Å². The van der Waals surface area contributed by atoms with E-state index in [-0.39, 0.29) is 5.75 Å². The molecule has 1 aliphatic rings. The fraction of sp³-hybridized carbons (Fsp3) is 0.600. The van der Waals surface area contributed by atoms with Gasteiger partial charge in [0, 0.05) is 12.1 Å². The molecule has 0 saturated heterocycles. The molecule has 0 aliphatic heterocycles. The molecule has 1 aromatic rings. The molecule has 2 N–H and O–H groups in total. The largest absolute Gasteiger partial charge is 0.506 e. The van der Waals surface area contributed by atoms with Crippen molar-refractivity contribution < 1.29 is 5.11 Å². The van der Waals surface area contributed by atoms with Gasteiger partial charge in [0.1, 0.15) is 5.75 Å². The van der Waals surface area contributed by atoms with Crippen molar-refractivity contribution >= 4 is 11.6 Å². The summed E-state index contributed by atoms with van der Waals surface area (Å²) in [7, 11) is 0. The second-order valence-electron chi connectivity index (χ2n) is 5.52. The second kappa shape index (κ2) is 6.44. The van der Waals surface area contributed by atoms with Gasteiger partial charge in [-0.3, -0.25) is 0 Å². The summed E-state index contributed by atoms with van der Waals surface area (Å²) in [5.41, 5.74) is 0.881. The van der Waals surface area contributed by atoms with Crippen LogP contribution in [0.2, 0.25) is 5.02 Å². The first kappa shape index (κ1) is 13.7. The molecule has 2 nitrogen and oxygen atoms in total. The topological polar surface area (TPSA) is 32.3 Å². The average Bonchev–Trinajstić information content (AvgIpc) is 2.35. The van der Waals surface area contributed by atoms with Crippen molar-refractivity contribution in [1.82, 2.24) is 5.32 Å². The van der Waals surface area contributed by atoms with Gasteiger partial charge in [-0.15, -0.1) is 0 Å². The molecular formula is C15H22ClNO. The number of para-hydroxylation sites is 1. The average molecular weight is 268 g/mol. The van der Waals surface area contributed by atoms with Crippen LogP contribution in [0.25, 0.3) is 0 Å². The third-order valence-electron chi connectivity index (χ3n) is 3.86. The van der Waals surface area contributed by atoms with E-state index in [1.165, 1.54) is 25.7 Å². The molecule has 0 spiro atoms. The summed E-state index contributed by atoms with van der Waals surface area (Å²) >= 11 is 5.88. The van der Waals surface area contributed by atoms with E-state index in [1.54, 1.807) is 6.07 Å². The lowest BCUT2D eigenvalue weighted by molar-refractivity contribution is 0.274. The lowest BCUT2D eigenvalue weighted by atomic mass is 9.82. The molecule has 0 amide bonds. The minimum Gasteiger partial charge on any atom is -0.506 e. The SMILES string of the molecule is CC1CCCC(CNCc2cccc(Cl)c2O)C1. The monoisotopic (exact) mass is 267 g/mol. The lowest BCUT2D eigenvalue weighted by Crippen LogP contribution is -2.26. The lowest BCUT2D eigenvalue weighted by Gasteiger charge is -2.26. The first-order chi connectivity index (χ1) is 8.66. The summed E-state index contributed by atoms with van der Waals surface area (Å²) in [4.78, 5) is 0. The molecule has 2 atom stereocenters. The van der Waals surface area contributed by atoms with Gasteiger partial charge in [-0.2, -0.15) is 0 Å². The Morgan fingerprint density at radius 2 is 2.22 bits per heavy atom. The van der Waals surface area contributed by atoms with E-state index in [1.807, 2.05) is 12.1 Å². The first-order valence-electron chi connectivity index (χ1n) is 6.84.